The second kappa shape index (κ2) is 6.14. The van der Waals surface area contributed by atoms with Crippen LogP contribution in [-0.2, 0) is 6.54 Å². The Labute approximate surface area is 118 Å². The van der Waals surface area contributed by atoms with Crippen LogP contribution in [0.2, 0.25) is 0 Å². The fourth-order valence-electron chi connectivity index (χ4n) is 1.93. The fourth-order valence-corrected chi connectivity index (χ4v) is 1.93. The summed E-state index contributed by atoms with van der Waals surface area (Å²) in [6.07, 6.45) is 2.99. The van der Waals surface area contributed by atoms with Crippen LogP contribution in [0.15, 0.2) is 42.7 Å². The molecular weight excluding hydrogens is 252 g/mol. The van der Waals surface area contributed by atoms with Crippen LogP contribution >= 0.6 is 0 Å². The highest BCUT2D eigenvalue weighted by Gasteiger charge is 2.20. The highest BCUT2D eigenvalue weighted by molar-refractivity contribution is 5.94. The highest BCUT2D eigenvalue weighted by atomic mass is 16.2. The van der Waals surface area contributed by atoms with Crippen LogP contribution in [0, 0.1) is 0 Å². The zero-order chi connectivity index (χ0) is 14.5. The van der Waals surface area contributed by atoms with Crippen molar-refractivity contribution in [2.75, 3.05) is 5.73 Å². The van der Waals surface area contributed by atoms with Crippen LogP contribution in [-0.4, -0.2) is 27.0 Å². The van der Waals surface area contributed by atoms with Gasteiger partial charge in [-0.15, -0.1) is 0 Å². The number of amides is 1. The van der Waals surface area contributed by atoms with Crippen LogP contribution in [0.3, 0.4) is 0 Å². The van der Waals surface area contributed by atoms with Crippen molar-refractivity contribution in [3.05, 3.63) is 53.9 Å². The second-order valence-corrected chi connectivity index (χ2v) is 4.86. The van der Waals surface area contributed by atoms with Crippen LogP contribution in [0.1, 0.15) is 29.8 Å². The number of anilines is 1. The van der Waals surface area contributed by atoms with Gasteiger partial charge in [0.25, 0.3) is 5.91 Å². The van der Waals surface area contributed by atoms with E-state index in [1.165, 1.54) is 12.4 Å². The largest absolute Gasteiger partial charge is 0.398 e. The summed E-state index contributed by atoms with van der Waals surface area (Å²) in [5.74, 6) is -0.0712. The minimum absolute atomic E-state index is 0.0651. The summed E-state index contributed by atoms with van der Waals surface area (Å²) in [5.41, 5.74) is 8.11. The van der Waals surface area contributed by atoms with E-state index in [-0.39, 0.29) is 11.9 Å². The van der Waals surface area contributed by atoms with Crippen LogP contribution in [0.25, 0.3) is 0 Å². The molecule has 0 saturated heterocycles. The molecule has 104 valence electrons. The molecule has 0 aliphatic rings. The molecule has 1 amide bonds. The lowest BCUT2D eigenvalue weighted by atomic mass is 10.1. The predicted octanol–water partition coefficient (Wildman–Crippen LogP) is 2.11. The van der Waals surface area contributed by atoms with E-state index in [0.29, 0.717) is 17.8 Å². The Kier molecular flexibility index (Phi) is 4.30. The molecule has 5 heteroatoms. The summed E-state index contributed by atoms with van der Waals surface area (Å²) in [6, 6.07) is 9.31. The molecule has 0 fully saturated rings. The number of aromatic nitrogens is 2. The van der Waals surface area contributed by atoms with E-state index in [0.717, 1.165) is 5.56 Å². The lowest BCUT2D eigenvalue weighted by molar-refractivity contribution is 0.0690. The Morgan fingerprint density at radius 1 is 1.25 bits per heavy atom. The van der Waals surface area contributed by atoms with E-state index in [4.69, 9.17) is 5.73 Å². The van der Waals surface area contributed by atoms with Gasteiger partial charge in [0, 0.05) is 18.3 Å². The monoisotopic (exact) mass is 270 g/mol. The first-order valence-electron chi connectivity index (χ1n) is 6.50. The minimum Gasteiger partial charge on any atom is -0.398 e. The molecule has 0 aliphatic carbocycles. The lowest BCUT2D eigenvalue weighted by Crippen LogP contribution is -2.36. The number of hydrogen-bond donors (Lipinski definition) is 1. The van der Waals surface area contributed by atoms with Crippen molar-refractivity contribution in [2.45, 2.75) is 26.4 Å². The van der Waals surface area contributed by atoms with Crippen LogP contribution < -0.4 is 5.73 Å². The molecule has 2 N–H and O–H groups in total. The normalized spacial score (nSPS) is 10.6. The summed E-state index contributed by atoms with van der Waals surface area (Å²) in [6.45, 7) is 4.43. The highest BCUT2D eigenvalue weighted by Crippen LogP contribution is 2.17. The van der Waals surface area contributed by atoms with Crippen molar-refractivity contribution in [1.82, 2.24) is 15.1 Å². The molecule has 5 nitrogen and oxygen atoms in total. The van der Waals surface area contributed by atoms with Crippen molar-refractivity contribution in [3.8, 4) is 0 Å². The van der Waals surface area contributed by atoms with Gasteiger partial charge >= 0.3 is 0 Å². The fraction of sp³-hybridized carbons (Fsp3) is 0.267. The van der Waals surface area contributed by atoms with Crippen molar-refractivity contribution >= 4 is 11.6 Å². The maximum atomic E-state index is 12.5. The van der Waals surface area contributed by atoms with Gasteiger partial charge in [0.1, 0.15) is 0 Å². The third kappa shape index (κ3) is 3.12. The van der Waals surface area contributed by atoms with E-state index in [9.17, 15) is 4.79 Å². The molecule has 0 aliphatic heterocycles. The van der Waals surface area contributed by atoms with Gasteiger partial charge in [-0.2, -0.15) is 10.2 Å². The van der Waals surface area contributed by atoms with Gasteiger partial charge in [-0.25, -0.2) is 0 Å². The molecule has 20 heavy (non-hydrogen) atoms. The maximum Gasteiger partial charge on any atom is 0.256 e. The molecule has 0 unspecified atom stereocenters. The molecule has 0 spiro atoms. The zero-order valence-electron chi connectivity index (χ0n) is 11.7. The molecule has 1 aromatic heterocycles. The van der Waals surface area contributed by atoms with Crippen molar-refractivity contribution < 1.29 is 4.79 Å². The van der Waals surface area contributed by atoms with Crippen LogP contribution in [0.5, 0.6) is 0 Å². The Morgan fingerprint density at radius 2 is 2.00 bits per heavy atom. The third-order valence-corrected chi connectivity index (χ3v) is 3.11. The smallest absolute Gasteiger partial charge is 0.256 e. The minimum atomic E-state index is -0.0712. The van der Waals surface area contributed by atoms with Crippen LogP contribution in [0.4, 0.5) is 5.69 Å². The number of carbonyl (C=O) groups is 1. The number of nitrogen functional groups attached to an aromatic ring is 1. The quantitative estimate of drug-likeness (QED) is 0.864. The van der Waals surface area contributed by atoms with Gasteiger partial charge in [-0.3, -0.25) is 4.79 Å². The maximum absolute atomic E-state index is 12.5. The average Bonchev–Trinajstić information content (AvgIpc) is 2.46. The Morgan fingerprint density at radius 3 is 2.60 bits per heavy atom. The average molecular weight is 270 g/mol. The molecule has 0 bridgehead atoms. The molecule has 0 radical (unpaired) electrons. The standard InChI is InChI=1S/C15H18N4O/c1-11(2)19(10-13-5-3-4-6-14(13)16)15(20)12-7-8-17-18-9-12/h3-9,11H,10,16H2,1-2H3. The first-order chi connectivity index (χ1) is 9.59. The number of rotatable bonds is 4. The summed E-state index contributed by atoms with van der Waals surface area (Å²) in [4.78, 5) is 14.3. The molecule has 1 heterocycles. The van der Waals surface area contributed by atoms with E-state index in [2.05, 4.69) is 10.2 Å². The van der Waals surface area contributed by atoms with Gasteiger partial charge in [0.2, 0.25) is 0 Å². The van der Waals surface area contributed by atoms with Gasteiger partial charge in [0.05, 0.1) is 18.0 Å². The second-order valence-electron chi connectivity index (χ2n) is 4.86. The molecular formula is C15H18N4O. The first-order valence-corrected chi connectivity index (χ1v) is 6.50. The molecule has 2 rings (SSSR count). The summed E-state index contributed by atoms with van der Waals surface area (Å²) < 4.78 is 0. The number of para-hydroxylation sites is 1. The van der Waals surface area contributed by atoms with Gasteiger partial charge < -0.3 is 10.6 Å². The SMILES string of the molecule is CC(C)N(Cc1ccccc1N)C(=O)c1ccnnc1. The van der Waals surface area contributed by atoms with Gasteiger partial charge in [-0.05, 0) is 31.5 Å². The Hall–Kier alpha value is -2.43. The Balaban J connectivity index is 2.24. The van der Waals surface area contributed by atoms with E-state index >= 15 is 0 Å². The summed E-state index contributed by atoms with van der Waals surface area (Å²) >= 11 is 0. The van der Waals surface area contributed by atoms with E-state index in [1.54, 1.807) is 11.0 Å². The van der Waals surface area contributed by atoms with E-state index < -0.39 is 0 Å². The number of carbonyl (C=O) groups excluding carboxylic acids is 1. The number of nitrogens with zero attached hydrogens (tertiary/aromatic N) is 3. The molecule has 1 aromatic carbocycles. The number of benzene rings is 1. The van der Waals surface area contributed by atoms with Crippen molar-refractivity contribution in [1.29, 1.82) is 0 Å². The van der Waals surface area contributed by atoms with Crippen molar-refractivity contribution in [2.24, 2.45) is 0 Å². The number of nitrogens with two attached hydrogens (primary N) is 1. The zero-order valence-corrected chi connectivity index (χ0v) is 11.7. The molecule has 0 saturated carbocycles. The predicted molar refractivity (Wildman–Crippen MR) is 77.9 cm³/mol. The van der Waals surface area contributed by atoms with Gasteiger partial charge in [-0.1, -0.05) is 18.2 Å². The van der Waals surface area contributed by atoms with Gasteiger partial charge in [0.15, 0.2) is 0 Å². The first kappa shape index (κ1) is 14.0. The summed E-state index contributed by atoms with van der Waals surface area (Å²) in [5, 5.41) is 7.44. The summed E-state index contributed by atoms with van der Waals surface area (Å²) in [7, 11) is 0. The van der Waals surface area contributed by atoms with Crippen molar-refractivity contribution in [3.63, 3.8) is 0 Å². The number of hydrogen-bond acceptors (Lipinski definition) is 4. The molecule has 2 aromatic rings. The molecule has 0 atom stereocenters. The van der Waals surface area contributed by atoms with E-state index in [1.807, 2.05) is 38.1 Å². The lowest BCUT2D eigenvalue weighted by Gasteiger charge is -2.27. The Bertz CT molecular complexity index is 583. The topological polar surface area (TPSA) is 72.1 Å². The third-order valence-electron chi connectivity index (χ3n) is 3.11.